The predicted octanol–water partition coefficient (Wildman–Crippen LogP) is 16.2. The minimum absolute atomic E-state index is 0.0356. The Balaban J connectivity index is 1.14. The maximum absolute atomic E-state index is 15.6. The Labute approximate surface area is 395 Å². The van der Waals surface area contributed by atoms with E-state index in [2.05, 4.69) is 18.2 Å². The minimum atomic E-state index is -4.71. The van der Waals surface area contributed by atoms with Gasteiger partial charge in [-0.05, 0) is 91.3 Å². The molecule has 8 aromatic carbocycles. The number of rotatable bonds is 7. The monoisotopic (exact) mass is 897 g/mol. The summed E-state index contributed by atoms with van der Waals surface area (Å²) in [5.74, 6) is 0. The van der Waals surface area contributed by atoms with E-state index in [0.29, 0.717) is 28.1 Å². The number of aryl methyl sites for hydroxylation is 1. The zero-order chi connectivity index (χ0) is 46.8. The Morgan fingerprint density at radius 1 is 0.406 bits per heavy atom. The third-order valence-electron chi connectivity index (χ3n) is 13.1. The van der Waals surface area contributed by atoms with Crippen molar-refractivity contribution in [3.05, 3.63) is 229 Å². The molecule has 0 aliphatic rings. The lowest BCUT2D eigenvalue weighted by molar-refractivity contribution is -0.137. The highest BCUT2D eigenvalue weighted by atomic mass is 19.4. The smallest absolute Gasteiger partial charge is 0.308 e. The summed E-state index contributed by atoms with van der Waals surface area (Å²) in [6.07, 6.45) is -4.71. The van der Waals surface area contributed by atoms with Crippen molar-refractivity contribution in [2.45, 2.75) is 13.1 Å². The van der Waals surface area contributed by atoms with Crippen LogP contribution >= 0.6 is 0 Å². The first-order valence-electron chi connectivity index (χ1n) is 22.6. The highest BCUT2D eigenvalue weighted by molar-refractivity contribution is 6.13. The summed E-state index contributed by atoms with van der Waals surface area (Å²) in [4.78, 5) is 10.1. The van der Waals surface area contributed by atoms with Crippen molar-refractivity contribution in [2.75, 3.05) is 0 Å². The van der Waals surface area contributed by atoms with Crippen LogP contribution in [-0.2, 0) is 6.18 Å². The molecule has 0 radical (unpaired) electrons. The van der Waals surface area contributed by atoms with E-state index in [0.717, 1.165) is 94.7 Å². The molecule has 0 aliphatic heterocycles. The Hall–Kier alpha value is -9.06. The van der Waals surface area contributed by atoms with Gasteiger partial charge in [-0.25, -0.2) is 9.97 Å². The molecule has 4 aromatic heterocycles. The quantitative estimate of drug-likeness (QED) is 0.160. The van der Waals surface area contributed by atoms with Crippen LogP contribution in [0.2, 0.25) is 0 Å². The lowest BCUT2D eigenvalue weighted by Crippen LogP contribution is -2.12. The molecule has 328 valence electrons. The standard InChI is InChI=1S/C61H38F3N5/c1-38-15-12-22-48(61(62,63)64)59(38)60-57(68-53-27-10-8-20-44(53)46-35-42(29-31-55(46)68)51-25-13-23-49(66-51)40-16-4-2-5-17-40)33-39(37-65)34-58(60)69-54-28-11-9-21-45(54)47-36-43(30-32-56(47)69)52-26-14-24-50(67-52)41-18-6-3-7-19-41/h2-36H,1H3. The van der Waals surface area contributed by atoms with E-state index in [4.69, 9.17) is 9.97 Å². The molecule has 12 aromatic rings. The van der Waals surface area contributed by atoms with Crippen LogP contribution in [0.25, 0.3) is 111 Å². The molecule has 12 rings (SSSR count). The van der Waals surface area contributed by atoms with Crippen molar-refractivity contribution >= 4 is 43.6 Å². The molecule has 0 unspecified atom stereocenters. The maximum atomic E-state index is 15.6. The van der Waals surface area contributed by atoms with Crippen LogP contribution in [0.1, 0.15) is 16.7 Å². The summed E-state index contributed by atoms with van der Waals surface area (Å²) in [5.41, 5.74) is 11.3. The molecule has 0 saturated carbocycles. The molecule has 0 saturated heterocycles. The number of hydrogen-bond donors (Lipinski definition) is 0. The molecule has 0 N–H and O–H groups in total. The normalized spacial score (nSPS) is 11.8. The topological polar surface area (TPSA) is 59.4 Å². The number of hydrogen-bond acceptors (Lipinski definition) is 3. The van der Waals surface area contributed by atoms with Crippen molar-refractivity contribution < 1.29 is 13.2 Å². The third-order valence-corrected chi connectivity index (χ3v) is 13.1. The zero-order valence-corrected chi connectivity index (χ0v) is 37.1. The van der Waals surface area contributed by atoms with Gasteiger partial charge in [0.1, 0.15) is 0 Å². The van der Waals surface area contributed by atoms with Gasteiger partial charge in [-0.1, -0.05) is 133 Å². The first kappa shape index (κ1) is 41.4. The van der Waals surface area contributed by atoms with Gasteiger partial charge in [0.2, 0.25) is 0 Å². The highest BCUT2D eigenvalue weighted by Gasteiger charge is 2.36. The van der Waals surface area contributed by atoms with Crippen molar-refractivity contribution in [2.24, 2.45) is 0 Å². The van der Waals surface area contributed by atoms with Crippen LogP contribution in [0.3, 0.4) is 0 Å². The molecule has 0 amide bonds. The molecule has 0 fully saturated rings. The van der Waals surface area contributed by atoms with E-state index in [1.165, 1.54) is 6.07 Å². The van der Waals surface area contributed by atoms with E-state index in [1.807, 2.05) is 179 Å². The van der Waals surface area contributed by atoms with Crippen LogP contribution in [0.4, 0.5) is 13.2 Å². The van der Waals surface area contributed by atoms with E-state index < -0.39 is 11.7 Å². The Morgan fingerprint density at radius 3 is 1.29 bits per heavy atom. The summed E-state index contributed by atoms with van der Waals surface area (Å²) >= 11 is 0. The Bertz CT molecular complexity index is 3810. The average Bonchev–Trinajstić information content (AvgIpc) is 3.90. The average molecular weight is 898 g/mol. The summed E-state index contributed by atoms with van der Waals surface area (Å²) in [7, 11) is 0. The lowest BCUT2D eigenvalue weighted by Gasteiger charge is -2.24. The lowest BCUT2D eigenvalue weighted by atomic mass is 9.90. The van der Waals surface area contributed by atoms with E-state index in [9.17, 15) is 5.26 Å². The summed E-state index contributed by atoms with van der Waals surface area (Å²) in [6, 6.07) is 70.2. The number of pyridine rings is 2. The van der Waals surface area contributed by atoms with Crippen LogP contribution < -0.4 is 0 Å². The van der Waals surface area contributed by atoms with Gasteiger partial charge in [-0.15, -0.1) is 0 Å². The molecule has 5 nitrogen and oxygen atoms in total. The number of alkyl halides is 3. The molecule has 69 heavy (non-hydrogen) atoms. The fraction of sp³-hybridized carbons (Fsp3) is 0.0328. The second-order valence-electron chi connectivity index (χ2n) is 17.2. The van der Waals surface area contributed by atoms with Gasteiger partial charge in [0.25, 0.3) is 0 Å². The predicted molar refractivity (Wildman–Crippen MR) is 272 cm³/mol. The number of halogens is 3. The molecular formula is C61H38F3N5. The molecule has 8 heteroatoms. The Morgan fingerprint density at radius 2 is 0.826 bits per heavy atom. The van der Waals surface area contributed by atoms with Gasteiger partial charge in [-0.3, -0.25) is 0 Å². The van der Waals surface area contributed by atoms with Crippen molar-refractivity contribution in [3.8, 4) is 73.6 Å². The number of nitriles is 1. The molecule has 0 bridgehead atoms. The van der Waals surface area contributed by atoms with Gasteiger partial charge in [0.15, 0.2) is 0 Å². The Kier molecular flexibility index (Phi) is 9.82. The maximum Gasteiger partial charge on any atom is 0.417 e. The fourth-order valence-corrected chi connectivity index (χ4v) is 10.0. The van der Waals surface area contributed by atoms with Crippen molar-refractivity contribution in [3.63, 3.8) is 0 Å². The third kappa shape index (κ3) is 7.02. The van der Waals surface area contributed by atoms with Gasteiger partial charge < -0.3 is 9.13 Å². The summed E-state index contributed by atoms with van der Waals surface area (Å²) in [5, 5.41) is 14.5. The molecule has 4 heterocycles. The number of benzene rings is 8. The largest absolute Gasteiger partial charge is 0.417 e. The molecule has 0 aliphatic carbocycles. The molecule has 0 spiro atoms. The molecule has 0 atom stereocenters. The minimum Gasteiger partial charge on any atom is -0.308 e. The second kappa shape index (κ2) is 16.4. The first-order valence-corrected chi connectivity index (χ1v) is 22.6. The number of fused-ring (bicyclic) bond motifs is 6. The van der Waals surface area contributed by atoms with Gasteiger partial charge >= 0.3 is 6.18 Å². The first-order chi connectivity index (χ1) is 33.7. The van der Waals surface area contributed by atoms with E-state index in [1.54, 1.807) is 25.1 Å². The van der Waals surface area contributed by atoms with Gasteiger partial charge in [-0.2, -0.15) is 18.4 Å². The van der Waals surface area contributed by atoms with Crippen LogP contribution in [0, 0.1) is 18.3 Å². The van der Waals surface area contributed by atoms with Crippen molar-refractivity contribution in [1.82, 2.24) is 19.1 Å². The number of nitrogens with zero attached hydrogens (tertiary/aromatic N) is 5. The summed E-state index contributed by atoms with van der Waals surface area (Å²) < 4.78 is 50.9. The number of aromatic nitrogens is 4. The number of para-hydroxylation sites is 2. The van der Waals surface area contributed by atoms with Crippen LogP contribution in [-0.4, -0.2) is 19.1 Å². The van der Waals surface area contributed by atoms with E-state index >= 15 is 13.2 Å². The second-order valence-corrected chi connectivity index (χ2v) is 17.2. The summed E-state index contributed by atoms with van der Waals surface area (Å²) in [6.45, 7) is 1.72. The van der Waals surface area contributed by atoms with Crippen molar-refractivity contribution in [1.29, 1.82) is 5.26 Å². The molecular weight excluding hydrogens is 860 g/mol. The zero-order valence-electron chi connectivity index (χ0n) is 37.1. The van der Waals surface area contributed by atoms with E-state index in [-0.39, 0.29) is 5.56 Å². The fourth-order valence-electron chi connectivity index (χ4n) is 10.0. The van der Waals surface area contributed by atoms with Crippen LogP contribution in [0.5, 0.6) is 0 Å². The van der Waals surface area contributed by atoms with Crippen LogP contribution in [0.15, 0.2) is 212 Å². The SMILES string of the molecule is Cc1cccc(C(F)(F)F)c1-c1c(-n2c3ccccc3c3cc(-c4cccc(-c5ccccc5)n4)ccc32)cc(C#N)cc1-n1c2ccccc2c2cc(-c3cccc(-c4ccccc4)n3)ccc21. The van der Waals surface area contributed by atoms with Gasteiger partial charge in [0.05, 0.1) is 73.4 Å². The highest BCUT2D eigenvalue weighted by Crippen LogP contribution is 2.48. The van der Waals surface area contributed by atoms with Gasteiger partial charge in [0, 0.05) is 54.9 Å².